The highest BCUT2D eigenvalue weighted by atomic mass is 32.1. The smallest absolute Gasteiger partial charge is 0.00404 e. The maximum Gasteiger partial charge on any atom is 0.00404 e. The number of hydrogen-bond donors (Lipinski definition) is 1. The number of benzene rings is 2. The number of thiol groups is 1. The summed E-state index contributed by atoms with van der Waals surface area (Å²) in [6, 6.07) is 17.1. The van der Waals surface area contributed by atoms with Gasteiger partial charge < -0.3 is 0 Å². The second-order valence-corrected chi connectivity index (χ2v) is 5.89. The molecule has 0 aliphatic rings. The van der Waals surface area contributed by atoms with Crippen molar-refractivity contribution in [3.05, 3.63) is 54.1 Å². The minimum absolute atomic E-state index is 0.216. The molecule has 0 saturated heterocycles. The molecule has 0 amide bonds. The van der Waals surface area contributed by atoms with E-state index in [2.05, 4.69) is 69.8 Å². The van der Waals surface area contributed by atoms with Gasteiger partial charge in [0.25, 0.3) is 0 Å². The van der Waals surface area contributed by atoms with Crippen LogP contribution in [0.4, 0.5) is 0 Å². The largest absolute Gasteiger partial charge is 0.143 e. The minimum atomic E-state index is 0.216. The van der Waals surface area contributed by atoms with Crippen molar-refractivity contribution in [2.75, 3.05) is 0 Å². The van der Waals surface area contributed by atoms with Gasteiger partial charge in [0.15, 0.2) is 0 Å². The molecule has 0 radical (unpaired) electrons. The fraction of sp³-hybridized carbons (Fsp3) is 0.250. The van der Waals surface area contributed by atoms with Crippen molar-refractivity contribution in [3.8, 4) is 11.1 Å². The highest BCUT2D eigenvalue weighted by molar-refractivity contribution is 7.80. The summed E-state index contributed by atoms with van der Waals surface area (Å²) in [5, 5.41) is 0. The molecule has 0 aliphatic heterocycles. The van der Waals surface area contributed by atoms with Crippen molar-refractivity contribution in [1.82, 2.24) is 0 Å². The van der Waals surface area contributed by atoms with E-state index in [0.29, 0.717) is 0 Å². The third kappa shape index (κ3) is 2.92. The zero-order valence-corrected chi connectivity index (χ0v) is 11.5. The van der Waals surface area contributed by atoms with Gasteiger partial charge in [0.1, 0.15) is 0 Å². The highest BCUT2D eigenvalue weighted by Crippen LogP contribution is 2.26. The van der Waals surface area contributed by atoms with E-state index in [9.17, 15) is 0 Å². The van der Waals surface area contributed by atoms with E-state index in [0.717, 1.165) is 4.90 Å². The Bertz CT molecular complexity index is 487. The van der Waals surface area contributed by atoms with Crippen LogP contribution in [0.1, 0.15) is 26.3 Å². The van der Waals surface area contributed by atoms with Crippen LogP contribution in [0.15, 0.2) is 53.4 Å². The van der Waals surface area contributed by atoms with Crippen LogP contribution in [0.25, 0.3) is 11.1 Å². The molecule has 0 atom stereocenters. The van der Waals surface area contributed by atoms with Crippen LogP contribution >= 0.6 is 12.6 Å². The van der Waals surface area contributed by atoms with E-state index >= 15 is 0 Å². The predicted octanol–water partition coefficient (Wildman–Crippen LogP) is 4.94. The van der Waals surface area contributed by atoms with Gasteiger partial charge in [0.05, 0.1) is 0 Å². The molecule has 0 bridgehead atoms. The van der Waals surface area contributed by atoms with Gasteiger partial charge in [-0.2, -0.15) is 0 Å². The normalized spacial score (nSPS) is 11.5. The number of hydrogen-bond acceptors (Lipinski definition) is 1. The van der Waals surface area contributed by atoms with E-state index in [1.165, 1.54) is 16.7 Å². The fourth-order valence-electron chi connectivity index (χ4n) is 1.82. The van der Waals surface area contributed by atoms with Gasteiger partial charge in [-0.25, -0.2) is 0 Å². The topological polar surface area (TPSA) is 0 Å². The first-order chi connectivity index (χ1) is 7.97. The van der Waals surface area contributed by atoms with Crippen LogP contribution in [0.2, 0.25) is 0 Å². The van der Waals surface area contributed by atoms with Gasteiger partial charge in [-0.3, -0.25) is 0 Å². The molecule has 0 spiro atoms. The summed E-state index contributed by atoms with van der Waals surface area (Å²) in [4.78, 5) is 1.00. The van der Waals surface area contributed by atoms with Gasteiger partial charge in [-0.05, 0) is 34.2 Å². The first kappa shape index (κ1) is 12.3. The second-order valence-electron chi connectivity index (χ2n) is 5.37. The Hall–Kier alpha value is -1.21. The first-order valence-electron chi connectivity index (χ1n) is 5.87. The average Bonchev–Trinajstić information content (AvgIpc) is 2.29. The summed E-state index contributed by atoms with van der Waals surface area (Å²) in [6.07, 6.45) is 0. The molecule has 0 nitrogen and oxygen atoms in total. The van der Waals surface area contributed by atoms with E-state index in [4.69, 9.17) is 0 Å². The van der Waals surface area contributed by atoms with Crippen molar-refractivity contribution < 1.29 is 0 Å². The zero-order valence-electron chi connectivity index (χ0n) is 10.6. The maximum atomic E-state index is 4.30. The van der Waals surface area contributed by atoms with Crippen LogP contribution in [0.3, 0.4) is 0 Å². The summed E-state index contributed by atoms with van der Waals surface area (Å²) in [7, 11) is 0. The van der Waals surface area contributed by atoms with E-state index in [-0.39, 0.29) is 5.41 Å². The lowest BCUT2D eigenvalue weighted by molar-refractivity contribution is 0.590. The Morgan fingerprint density at radius 1 is 0.706 bits per heavy atom. The van der Waals surface area contributed by atoms with Crippen LogP contribution in [-0.2, 0) is 5.41 Å². The van der Waals surface area contributed by atoms with Gasteiger partial charge in [0.2, 0.25) is 0 Å². The average molecular weight is 242 g/mol. The van der Waals surface area contributed by atoms with Crippen LogP contribution in [-0.4, -0.2) is 0 Å². The SMILES string of the molecule is CC(C)(C)c1ccc(-c2ccc(S)cc2)cc1. The summed E-state index contributed by atoms with van der Waals surface area (Å²) in [6.45, 7) is 6.70. The summed E-state index contributed by atoms with van der Waals surface area (Å²) >= 11 is 4.30. The van der Waals surface area contributed by atoms with Crippen molar-refractivity contribution >= 4 is 12.6 Å². The molecule has 0 N–H and O–H groups in total. The van der Waals surface area contributed by atoms with E-state index in [1.807, 2.05) is 12.1 Å². The molecule has 0 aromatic heterocycles. The lowest BCUT2D eigenvalue weighted by Crippen LogP contribution is -2.10. The monoisotopic (exact) mass is 242 g/mol. The maximum absolute atomic E-state index is 4.30. The van der Waals surface area contributed by atoms with Crippen LogP contribution in [0, 0.1) is 0 Å². The second kappa shape index (κ2) is 4.58. The molecule has 2 aromatic carbocycles. The first-order valence-corrected chi connectivity index (χ1v) is 6.31. The Morgan fingerprint density at radius 3 is 1.53 bits per heavy atom. The lowest BCUT2D eigenvalue weighted by Gasteiger charge is -2.19. The van der Waals surface area contributed by atoms with Gasteiger partial charge in [0, 0.05) is 4.90 Å². The lowest BCUT2D eigenvalue weighted by atomic mass is 9.86. The molecular formula is C16H18S. The summed E-state index contributed by atoms with van der Waals surface area (Å²) < 4.78 is 0. The minimum Gasteiger partial charge on any atom is -0.143 e. The quantitative estimate of drug-likeness (QED) is 0.673. The molecule has 17 heavy (non-hydrogen) atoms. The summed E-state index contributed by atoms with van der Waals surface area (Å²) in [5.74, 6) is 0. The molecule has 0 fully saturated rings. The number of rotatable bonds is 1. The zero-order chi connectivity index (χ0) is 12.5. The molecule has 88 valence electrons. The van der Waals surface area contributed by atoms with Crippen molar-refractivity contribution in [1.29, 1.82) is 0 Å². The Morgan fingerprint density at radius 2 is 1.12 bits per heavy atom. The summed E-state index contributed by atoms with van der Waals surface area (Å²) in [5.41, 5.74) is 4.08. The van der Waals surface area contributed by atoms with E-state index in [1.54, 1.807) is 0 Å². The van der Waals surface area contributed by atoms with Crippen LogP contribution in [0.5, 0.6) is 0 Å². The Kier molecular flexibility index (Phi) is 3.30. The Labute approximate surface area is 109 Å². The van der Waals surface area contributed by atoms with Gasteiger partial charge >= 0.3 is 0 Å². The van der Waals surface area contributed by atoms with Crippen molar-refractivity contribution in [3.63, 3.8) is 0 Å². The molecule has 2 aromatic rings. The molecule has 0 aliphatic carbocycles. The standard InChI is InChI=1S/C16H18S/c1-16(2,3)14-8-4-12(5-9-14)13-6-10-15(17)11-7-13/h4-11,17H,1-3H3. The highest BCUT2D eigenvalue weighted by Gasteiger charge is 2.12. The molecular weight excluding hydrogens is 224 g/mol. The van der Waals surface area contributed by atoms with Crippen molar-refractivity contribution in [2.24, 2.45) is 0 Å². The van der Waals surface area contributed by atoms with Crippen molar-refractivity contribution in [2.45, 2.75) is 31.1 Å². The van der Waals surface area contributed by atoms with E-state index < -0.39 is 0 Å². The van der Waals surface area contributed by atoms with Gasteiger partial charge in [-0.15, -0.1) is 12.6 Å². The molecule has 2 rings (SSSR count). The third-order valence-electron chi connectivity index (χ3n) is 2.95. The van der Waals surface area contributed by atoms with Crippen LogP contribution < -0.4 is 0 Å². The fourth-order valence-corrected chi connectivity index (χ4v) is 1.97. The Balaban J connectivity index is 2.33. The predicted molar refractivity (Wildman–Crippen MR) is 77.8 cm³/mol. The van der Waals surface area contributed by atoms with Gasteiger partial charge in [-0.1, -0.05) is 57.2 Å². The third-order valence-corrected chi connectivity index (χ3v) is 3.25. The molecule has 1 heteroatoms. The molecule has 0 unspecified atom stereocenters. The molecule has 0 heterocycles. The molecule has 0 saturated carbocycles.